The fourth-order valence-electron chi connectivity index (χ4n) is 2.40. The monoisotopic (exact) mass is 208 g/mol. The third-order valence-corrected chi connectivity index (χ3v) is 3.05. The van der Waals surface area contributed by atoms with Crippen LogP contribution in [-0.4, -0.2) is 9.78 Å². The fraction of sp³-hybridized carbons (Fsp3) is 0.769. The van der Waals surface area contributed by atoms with E-state index in [0.717, 1.165) is 18.4 Å². The Kier molecular flexibility index (Phi) is 5.44. The molecule has 1 fully saturated rings. The molecule has 1 aromatic rings. The molecule has 1 aliphatic rings. The van der Waals surface area contributed by atoms with Crippen LogP contribution in [0.15, 0.2) is 18.5 Å². The van der Waals surface area contributed by atoms with Gasteiger partial charge in [0.2, 0.25) is 0 Å². The normalized spacial score (nSPS) is 25.5. The van der Waals surface area contributed by atoms with Gasteiger partial charge in [-0.05, 0) is 30.7 Å². The summed E-state index contributed by atoms with van der Waals surface area (Å²) in [5, 5.41) is 4.25. The summed E-state index contributed by atoms with van der Waals surface area (Å²) in [5.41, 5.74) is 0. The molecule has 0 spiro atoms. The van der Waals surface area contributed by atoms with Crippen LogP contribution in [0.4, 0.5) is 0 Å². The molecule has 0 aliphatic heterocycles. The highest BCUT2D eigenvalue weighted by molar-refractivity contribution is 4.79. The van der Waals surface area contributed by atoms with Gasteiger partial charge in [0.1, 0.15) is 0 Å². The lowest BCUT2D eigenvalue weighted by molar-refractivity contribution is 0.250. The quantitative estimate of drug-likeness (QED) is 0.724. The van der Waals surface area contributed by atoms with E-state index in [2.05, 4.69) is 22.9 Å². The maximum absolute atomic E-state index is 4.25. The Bertz CT molecular complexity index is 241. The molecule has 0 amide bonds. The van der Waals surface area contributed by atoms with E-state index in [1.54, 1.807) is 0 Å². The zero-order valence-electron chi connectivity index (χ0n) is 10.3. The minimum absolute atomic E-state index is 0.864. The first-order valence-corrected chi connectivity index (χ1v) is 6.32. The first-order valence-electron chi connectivity index (χ1n) is 6.32. The highest BCUT2D eigenvalue weighted by Gasteiger charge is 2.18. The summed E-state index contributed by atoms with van der Waals surface area (Å²) in [5.74, 6) is 1.79. The van der Waals surface area contributed by atoms with Crippen molar-refractivity contribution in [2.24, 2.45) is 11.8 Å². The first-order chi connectivity index (χ1) is 7.34. The summed E-state index contributed by atoms with van der Waals surface area (Å²) >= 11 is 0. The van der Waals surface area contributed by atoms with Crippen LogP contribution in [0.3, 0.4) is 0 Å². The summed E-state index contributed by atoms with van der Waals surface area (Å²) in [6.45, 7) is 7.49. The molecule has 2 atom stereocenters. The summed E-state index contributed by atoms with van der Waals surface area (Å²) < 4.78 is 2.07. The van der Waals surface area contributed by atoms with Crippen molar-refractivity contribution in [1.82, 2.24) is 9.78 Å². The van der Waals surface area contributed by atoms with E-state index in [1.165, 1.54) is 25.7 Å². The maximum Gasteiger partial charge on any atom is 0.0489 e. The number of hydrogen-bond donors (Lipinski definition) is 0. The van der Waals surface area contributed by atoms with Crippen LogP contribution in [0, 0.1) is 11.8 Å². The van der Waals surface area contributed by atoms with Crippen molar-refractivity contribution in [1.29, 1.82) is 0 Å². The largest absolute Gasteiger partial charge is 0.272 e. The molecule has 1 heterocycles. The Labute approximate surface area is 93.7 Å². The average molecular weight is 208 g/mol. The highest BCUT2D eigenvalue weighted by atomic mass is 15.3. The molecule has 15 heavy (non-hydrogen) atoms. The molecular weight excluding hydrogens is 184 g/mol. The first kappa shape index (κ1) is 12.3. The maximum atomic E-state index is 4.25. The van der Waals surface area contributed by atoms with E-state index < -0.39 is 0 Å². The van der Waals surface area contributed by atoms with Crippen LogP contribution in [0.2, 0.25) is 0 Å². The third-order valence-electron chi connectivity index (χ3n) is 3.05. The lowest BCUT2D eigenvalue weighted by atomic mass is 9.82. The van der Waals surface area contributed by atoms with E-state index in [0.29, 0.717) is 0 Å². The van der Waals surface area contributed by atoms with Crippen LogP contribution in [0.5, 0.6) is 0 Å². The summed E-state index contributed by atoms with van der Waals surface area (Å²) in [6, 6.07) is 2.01. The number of aromatic nitrogens is 2. The van der Waals surface area contributed by atoms with Crippen molar-refractivity contribution in [2.45, 2.75) is 53.0 Å². The van der Waals surface area contributed by atoms with Gasteiger partial charge < -0.3 is 0 Å². The van der Waals surface area contributed by atoms with Crippen LogP contribution < -0.4 is 0 Å². The second-order valence-corrected chi connectivity index (χ2v) is 4.37. The molecule has 86 valence electrons. The van der Waals surface area contributed by atoms with Crippen LogP contribution in [0.1, 0.15) is 46.5 Å². The molecule has 2 heteroatoms. The van der Waals surface area contributed by atoms with Gasteiger partial charge in [0.25, 0.3) is 0 Å². The summed E-state index contributed by atoms with van der Waals surface area (Å²) in [6.07, 6.45) is 9.55. The zero-order valence-corrected chi connectivity index (χ0v) is 10.3. The predicted molar refractivity (Wildman–Crippen MR) is 64.7 cm³/mol. The fourth-order valence-corrected chi connectivity index (χ4v) is 2.40. The Morgan fingerprint density at radius 1 is 1.33 bits per heavy atom. The molecule has 1 aliphatic carbocycles. The standard InChI is InChI=1S/C11H18N2.C2H6/c1-10-4-2-5-11(8-10)9-13-7-3-6-12-13;1-2/h3,6-7,10-11H,2,4-5,8-9H2,1H3;1-2H3. The Morgan fingerprint density at radius 3 is 2.73 bits per heavy atom. The van der Waals surface area contributed by atoms with Crippen molar-refractivity contribution < 1.29 is 0 Å². The van der Waals surface area contributed by atoms with Gasteiger partial charge in [0, 0.05) is 18.9 Å². The smallest absolute Gasteiger partial charge is 0.0489 e. The van der Waals surface area contributed by atoms with Crippen molar-refractivity contribution in [3.63, 3.8) is 0 Å². The summed E-state index contributed by atoms with van der Waals surface area (Å²) in [7, 11) is 0. The molecule has 2 nitrogen and oxygen atoms in total. The molecule has 0 saturated heterocycles. The zero-order chi connectivity index (χ0) is 11.1. The van der Waals surface area contributed by atoms with E-state index in [4.69, 9.17) is 0 Å². The number of rotatable bonds is 2. The average Bonchev–Trinajstić information content (AvgIpc) is 2.74. The molecule has 1 saturated carbocycles. The van der Waals surface area contributed by atoms with Gasteiger partial charge >= 0.3 is 0 Å². The highest BCUT2D eigenvalue weighted by Crippen LogP contribution is 2.29. The van der Waals surface area contributed by atoms with Gasteiger partial charge in [0.15, 0.2) is 0 Å². The molecule has 0 N–H and O–H groups in total. The van der Waals surface area contributed by atoms with Crippen LogP contribution in [-0.2, 0) is 6.54 Å². The lowest BCUT2D eigenvalue weighted by Crippen LogP contribution is -2.18. The van der Waals surface area contributed by atoms with Crippen LogP contribution in [0.25, 0.3) is 0 Å². The topological polar surface area (TPSA) is 17.8 Å². The predicted octanol–water partition coefficient (Wildman–Crippen LogP) is 3.74. The second-order valence-electron chi connectivity index (χ2n) is 4.37. The van der Waals surface area contributed by atoms with Gasteiger partial charge in [0.05, 0.1) is 0 Å². The molecule has 0 aromatic carbocycles. The minimum atomic E-state index is 0.864. The van der Waals surface area contributed by atoms with E-state index in [9.17, 15) is 0 Å². The number of nitrogens with zero attached hydrogens (tertiary/aromatic N) is 2. The lowest BCUT2D eigenvalue weighted by Gasteiger charge is -2.26. The van der Waals surface area contributed by atoms with Gasteiger partial charge in [-0.15, -0.1) is 0 Å². The molecular formula is C13H24N2. The minimum Gasteiger partial charge on any atom is -0.272 e. The number of hydrogen-bond acceptors (Lipinski definition) is 1. The van der Waals surface area contributed by atoms with Crippen molar-refractivity contribution in [3.8, 4) is 0 Å². The summed E-state index contributed by atoms with van der Waals surface area (Å²) in [4.78, 5) is 0. The van der Waals surface area contributed by atoms with Gasteiger partial charge in [-0.25, -0.2) is 0 Å². The molecule has 2 rings (SSSR count). The van der Waals surface area contributed by atoms with Gasteiger partial charge in [-0.1, -0.05) is 33.6 Å². The molecule has 2 unspecified atom stereocenters. The Hall–Kier alpha value is -0.790. The molecule has 1 aromatic heterocycles. The van der Waals surface area contributed by atoms with Crippen molar-refractivity contribution in [2.75, 3.05) is 0 Å². The molecule has 0 radical (unpaired) electrons. The van der Waals surface area contributed by atoms with Gasteiger partial charge in [-0.3, -0.25) is 4.68 Å². The van der Waals surface area contributed by atoms with E-state index in [1.807, 2.05) is 26.1 Å². The van der Waals surface area contributed by atoms with E-state index >= 15 is 0 Å². The third kappa shape index (κ3) is 4.06. The van der Waals surface area contributed by atoms with Crippen molar-refractivity contribution in [3.05, 3.63) is 18.5 Å². The van der Waals surface area contributed by atoms with E-state index in [-0.39, 0.29) is 0 Å². The Morgan fingerprint density at radius 2 is 2.13 bits per heavy atom. The van der Waals surface area contributed by atoms with Crippen molar-refractivity contribution >= 4 is 0 Å². The second kappa shape index (κ2) is 6.65. The van der Waals surface area contributed by atoms with Crippen LogP contribution >= 0.6 is 0 Å². The SMILES string of the molecule is CC.CC1CCCC(Cn2cccn2)C1. The van der Waals surface area contributed by atoms with Gasteiger partial charge in [-0.2, -0.15) is 5.10 Å². The Balaban J connectivity index is 0.000000531. The molecule has 0 bridgehead atoms.